The number of nitrogens with one attached hydrogen (secondary N) is 1. The van der Waals surface area contributed by atoms with Crippen LogP contribution >= 0.6 is 11.6 Å². The van der Waals surface area contributed by atoms with Crippen LogP contribution in [0.3, 0.4) is 0 Å². The lowest BCUT2D eigenvalue weighted by Crippen LogP contribution is -2.44. The number of aliphatic carboxylic acids is 1. The summed E-state index contributed by atoms with van der Waals surface area (Å²) in [5.41, 5.74) is 2.20. The van der Waals surface area contributed by atoms with Crippen LogP contribution in [0.5, 0.6) is 0 Å². The van der Waals surface area contributed by atoms with E-state index in [4.69, 9.17) is 16.3 Å². The highest BCUT2D eigenvalue weighted by atomic mass is 35.5. The van der Waals surface area contributed by atoms with Gasteiger partial charge in [-0.1, -0.05) is 99.5 Å². The van der Waals surface area contributed by atoms with Gasteiger partial charge in [0.2, 0.25) is 0 Å². The maximum Gasteiger partial charge on any atom is 0.408 e. The van der Waals surface area contributed by atoms with Gasteiger partial charge in [-0.15, -0.1) is 0 Å². The Balaban J connectivity index is 1.83. The quantitative estimate of drug-likeness (QED) is 0.443. The first-order chi connectivity index (χ1) is 15.7. The van der Waals surface area contributed by atoms with Crippen molar-refractivity contribution in [1.82, 2.24) is 5.32 Å². The van der Waals surface area contributed by atoms with Gasteiger partial charge in [-0.25, -0.2) is 9.59 Å². The lowest BCUT2D eigenvalue weighted by Gasteiger charge is -2.35. The van der Waals surface area contributed by atoms with Crippen LogP contribution in [-0.4, -0.2) is 23.2 Å². The number of aryl methyl sites for hydroxylation is 1. The molecule has 2 N–H and O–H groups in total. The number of ether oxygens (including phenoxy) is 1. The second kappa shape index (κ2) is 11.1. The van der Waals surface area contributed by atoms with Crippen LogP contribution in [0.2, 0.25) is 5.02 Å². The molecule has 0 radical (unpaired) electrons. The van der Waals surface area contributed by atoms with Crippen molar-refractivity contribution < 1.29 is 19.4 Å². The van der Waals surface area contributed by atoms with Gasteiger partial charge in [0.05, 0.1) is 0 Å². The molecule has 0 aliphatic heterocycles. The Morgan fingerprint density at radius 2 is 1.82 bits per heavy atom. The molecule has 3 rings (SSSR count). The van der Waals surface area contributed by atoms with Crippen LogP contribution in [0, 0.1) is 12.8 Å². The van der Waals surface area contributed by atoms with Gasteiger partial charge in [-0.2, -0.15) is 0 Å². The molecule has 0 aromatic heterocycles. The van der Waals surface area contributed by atoms with E-state index in [0.717, 1.165) is 42.4 Å². The van der Waals surface area contributed by atoms with Crippen LogP contribution in [0.1, 0.15) is 75.2 Å². The zero-order chi connectivity index (χ0) is 24.0. The molecule has 5 nitrogen and oxygen atoms in total. The highest BCUT2D eigenvalue weighted by Crippen LogP contribution is 2.40. The molecule has 0 bridgehead atoms. The summed E-state index contributed by atoms with van der Waals surface area (Å²) in [5, 5.41) is 13.0. The SMILES string of the molecule is Cc1cccc(C(OC(=O)N[C@@H](CC2CCCCC2)C(=O)O)C(C)(C)c2cccc(Cl)c2)c1. The summed E-state index contributed by atoms with van der Waals surface area (Å²) in [6, 6.07) is 14.4. The lowest BCUT2D eigenvalue weighted by atomic mass is 9.76. The molecule has 2 aromatic rings. The van der Waals surface area contributed by atoms with Gasteiger partial charge in [-0.05, 0) is 42.5 Å². The number of carbonyl (C=O) groups is 2. The highest BCUT2D eigenvalue weighted by Gasteiger charge is 2.37. The lowest BCUT2D eigenvalue weighted by molar-refractivity contribution is -0.140. The van der Waals surface area contributed by atoms with Gasteiger partial charge in [0.15, 0.2) is 0 Å². The average Bonchev–Trinajstić information content (AvgIpc) is 2.77. The number of halogens is 1. The van der Waals surface area contributed by atoms with Gasteiger partial charge in [-0.3, -0.25) is 0 Å². The summed E-state index contributed by atoms with van der Waals surface area (Å²) in [6.45, 7) is 5.98. The number of rotatable bonds is 8. The summed E-state index contributed by atoms with van der Waals surface area (Å²) < 4.78 is 5.96. The Morgan fingerprint density at radius 3 is 2.45 bits per heavy atom. The topological polar surface area (TPSA) is 75.6 Å². The zero-order valence-corrected chi connectivity index (χ0v) is 20.4. The van der Waals surface area contributed by atoms with E-state index < -0.39 is 29.6 Å². The molecule has 1 saturated carbocycles. The summed E-state index contributed by atoms with van der Waals surface area (Å²) in [6.07, 6.45) is 4.51. The monoisotopic (exact) mass is 471 g/mol. The number of benzene rings is 2. The Morgan fingerprint density at radius 1 is 1.12 bits per heavy atom. The van der Waals surface area contributed by atoms with Crippen molar-refractivity contribution in [2.24, 2.45) is 5.92 Å². The van der Waals surface area contributed by atoms with E-state index in [1.165, 1.54) is 6.42 Å². The average molecular weight is 472 g/mol. The van der Waals surface area contributed by atoms with E-state index in [1.54, 1.807) is 6.07 Å². The summed E-state index contributed by atoms with van der Waals surface area (Å²) in [7, 11) is 0. The number of alkyl carbamates (subject to hydrolysis) is 1. The van der Waals surface area contributed by atoms with E-state index in [1.807, 2.05) is 63.2 Å². The fourth-order valence-electron chi connectivity index (χ4n) is 4.77. The molecule has 33 heavy (non-hydrogen) atoms. The molecule has 2 atom stereocenters. The van der Waals surface area contributed by atoms with E-state index in [9.17, 15) is 14.7 Å². The second-order valence-corrected chi connectivity index (χ2v) is 10.1. The smallest absolute Gasteiger partial charge is 0.408 e. The molecule has 0 saturated heterocycles. The van der Waals surface area contributed by atoms with Gasteiger partial charge in [0.1, 0.15) is 12.1 Å². The van der Waals surface area contributed by atoms with Crippen molar-refractivity contribution >= 4 is 23.7 Å². The molecule has 1 unspecified atom stereocenters. The number of amides is 1. The van der Waals surface area contributed by atoms with Crippen molar-refractivity contribution in [2.75, 3.05) is 0 Å². The molecule has 178 valence electrons. The fraction of sp³-hybridized carbons (Fsp3) is 0.481. The number of carboxylic acids is 1. The summed E-state index contributed by atoms with van der Waals surface area (Å²) in [4.78, 5) is 24.9. The molecule has 0 spiro atoms. The minimum Gasteiger partial charge on any atom is -0.480 e. The predicted octanol–water partition coefficient (Wildman–Crippen LogP) is 6.82. The van der Waals surface area contributed by atoms with Crippen molar-refractivity contribution in [3.8, 4) is 0 Å². The molecular formula is C27H34ClNO4. The molecular weight excluding hydrogens is 438 g/mol. The molecule has 6 heteroatoms. The van der Waals surface area contributed by atoms with Gasteiger partial charge in [0, 0.05) is 10.4 Å². The minimum absolute atomic E-state index is 0.315. The highest BCUT2D eigenvalue weighted by molar-refractivity contribution is 6.30. The van der Waals surface area contributed by atoms with Crippen molar-refractivity contribution in [3.05, 3.63) is 70.2 Å². The first-order valence-corrected chi connectivity index (χ1v) is 12.1. The zero-order valence-electron chi connectivity index (χ0n) is 19.6. The van der Waals surface area contributed by atoms with Gasteiger partial charge in [0.25, 0.3) is 0 Å². The minimum atomic E-state index is -1.03. The maximum atomic E-state index is 13.0. The Hall–Kier alpha value is -2.53. The molecule has 2 aromatic carbocycles. The second-order valence-electron chi connectivity index (χ2n) is 9.71. The molecule has 1 amide bonds. The normalized spacial score (nSPS) is 16.6. The van der Waals surface area contributed by atoms with E-state index in [-0.39, 0.29) is 0 Å². The Bertz CT molecular complexity index is 968. The number of hydrogen-bond acceptors (Lipinski definition) is 3. The first-order valence-electron chi connectivity index (χ1n) is 11.7. The first kappa shape index (κ1) is 25.1. The van der Waals surface area contributed by atoms with E-state index in [2.05, 4.69) is 5.32 Å². The number of hydrogen-bond donors (Lipinski definition) is 2. The van der Waals surface area contributed by atoms with Crippen LogP contribution in [0.4, 0.5) is 4.79 Å². The summed E-state index contributed by atoms with van der Waals surface area (Å²) >= 11 is 6.24. The van der Waals surface area contributed by atoms with Crippen LogP contribution < -0.4 is 5.32 Å². The third-order valence-electron chi connectivity index (χ3n) is 6.68. The van der Waals surface area contributed by atoms with E-state index >= 15 is 0 Å². The molecule has 1 fully saturated rings. The number of carboxylic acid groups (broad SMARTS) is 1. The predicted molar refractivity (Wildman–Crippen MR) is 131 cm³/mol. The van der Waals surface area contributed by atoms with Crippen LogP contribution in [0.15, 0.2) is 48.5 Å². The van der Waals surface area contributed by atoms with Crippen molar-refractivity contribution in [1.29, 1.82) is 0 Å². The Labute approximate surface area is 201 Å². The van der Waals surface area contributed by atoms with E-state index in [0.29, 0.717) is 17.4 Å². The fourth-order valence-corrected chi connectivity index (χ4v) is 4.96. The summed E-state index contributed by atoms with van der Waals surface area (Å²) in [5.74, 6) is -0.714. The molecule has 1 aliphatic carbocycles. The van der Waals surface area contributed by atoms with Crippen molar-refractivity contribution in [2.45, 2.75) is 76.9 Å². The van der Waals surface area contributed by atoms with Gasteiger partial charge < -0.3 is 15.2 Å². The van der Waals surface area contributed by atoms with Gasteiger partial charge >= 0.3 is 12.1 Å². The largest absolute Gasteiger partial charge is 0.480 e. The third kappa shape index (κ3) is 6.73. The Kier molecular flexibility index (Phi) is 8.41. The number of carbonyl (C=O) groups excluding carboxylic acids is 1. The maximum absolute atomic E-state index is 13.0. The molecule has 0 heterocycles. The van der Waals surface area contributed by atoms with Crippen LogP contribution in [-0.2, 0) is 14.9 Å². The third-order valence-corrected chi connectivity index (χ3v) is 6.91. The van der Waals surface area contributed by atoms with Crippen molar-refractivity contribution in [3.63, 3.8) is 0 Å². The molecule has 1 aliphatic rings. The van der Waals surface area contributed by atoms with Crippen LogP contribution in [0.25, 0.3) is 0 Å². The standard InChI is InChI=1S/C27H34ClNO4/c1-18-9-7-12-20(15-18)24(27(2,3)21-13-8-14-22(28)17-21)33-26(32)29-23(25(30)31)16-19-10-5-4-6-11-19/h7-9,12-15,17,19,23-24H,4-6,10-11,16H2,1-3H3,(H,29,32)(H,30,31)/t23-,24?/m0/s1.